The Bertz CT molecular complexity index is 838. The van der Waals surface area contributed by atoms with Crippen molar-refractivity contribution in [3.05, 3.63) is 88.6 Å². The Morgan fingerprint density at radius 1 is 1.08 bits per heavy atom. The molecule has 128 valence electrons. The van der Waals surface area contributed by atoms with Crippen LogP contribution in [0.25, 0.3) is 0 Å². The van der Waals surface area contributed by atoms with Crippen LogP contribution in [0.4, 0.5) is 4.39 Å². The first-order chi connectivity index (χ1) is 12.0. The van der Waals surface area contributed by atoms with Crippen molar-refractivity contribution in [2.24, 2.45) is 0 Å². The summed E-state index contributed by atoms with van der Waals surface area (Å²) >= 11 is 0. The van der Waals surface area contributed by atoms with Gasteiger partial charge in [0.15, 0.2) is 0 Å². The number of nitrogens with zero attached hydrogens (tertiary/aromatic N) is 1. The highest BCUT2D eigenvalue weighted by Crippen LogP contribution is 2.23. The maximum Gasteiger partial charge on any atom is 0.225 e. The van der Waals surface area contributed by atoms with Crippen LogP contribution in [0, 0.1) is 19.7 Å². The quantitative estimate of drug-likeness (QED) is 0.768. The monoisotopic (exact) mass is 338 g/mol. The van der Waals surface area contributed by atoms with Gasteiger partial charge in [-0.1, -0.05) is 47.6 Å². The number of nitrogens with one attached hydrogen (secondary N) is 1. The minimum Gasteiger partial charge on any atom is -0.361 e. The van der Waals surface area contributed by atoms with Crippen molar-refractivity contribution in [2.75, 3.05) is 0 Å². The van der Waals surface area contributed by atoms with Crippen molar-refractivity contribution in [1.29, 1.82) is 0 Å². The van der Waals surface area contributed by atoms with Gasteiger partial charge in [0.05, 0.1) is 18.2 Å². The second kappa shape index (κ2) is 7.30. The van der Waals surface area contributed by atoms with Crippen LogP contribution in [-0.2, 0) is 11.2 Å². The molecule has 1 N–H and O–H groups in total. The van der Waals surface area contributed by atoms with Crippen LogP contribution in [0.2, 0.25) is 0 Å². The number of carbonyl (C=O) groups is 1. The van der Waals surface area contributed by atoms with E-state index in [4.69, 9.17) is 4.52 Å². The molecule has 0 saturated carbocycles. The standard InChI is InChI=1S/C20H19FN2O2/c1-13-18(14(2)25-23-13)12-19(24)22-20(15-6-4-3-5-7-15)16-8-10-17(21)11-9-16/h3-11,20H,12H2,1-2H3,(H,22,24)/t20-/m0/s1. The number of benzene rings is 2. The maximum atomic E-state index is 13.3. The van der Waals surface area contributed by atoms with Crippen LogP contribution in [0.5, 0.6) is 0 Å². The lowest BCUT2D eigenvalue weighted by atomic mass is 9.98. The van der Waals surface area contributed by atoms with Gasteiger partial charge in [-0.05, 0) is 37.1 Å². The first-order valence-corrected chi connectivity index (χ1v) is 8.06. The summed E-state index contributed by atoms with van der Waals surface area (Å²) in [5, 5.41) is 6.91. The van der Waals surface area contributed by atoms with Crippen molar-refractivity contribution in [3.8, 4) is 0 Å². The Kier molecular flexibility index (Phi) is 4.93. The molecule has 1 aromatic heterocycles. The van der Waals surface area contributed by atoms with Gasteiger partial charge in [-0.2, -0.15) is 0 Å². The predicted molar refractivity (Wildman–Crippen MR) is 92.5 cm³/mol. The Balaban J connectivity index is 1.85. The van der Waals surface area contributed by atoms with Crippen LogP contribution in [0.15, 0.2) is 59.1 Å². The van der Waals surface area contributed by atoms with Gasteiger partial charge < -0.3 is 9.84 Å². The van der Waals surface area contributed by atoms with Gasteiger partial charge in [0.25, 0.3) is 0 Å². The van der Waals surface area contributed by atoms with Gasteiger partial charge in [0.1, 0.15) is 11.6 Å². The molecule has 0 bridgehead atoms. The second-order valence-corrected chi connectivity index (χ2v) is 5.94. The molecule has 0 unspecified atom stereocenters. The van der Waals surface area contributed by atoms with Crippen molar-refractivity contribution < 1.29 is 13.7 Å². The van der Waals surface area contributed by atoms with Crippen LogP contribution >= 0.6 is 0 Å². The van der Waals surface area contributed by atoms with Crippen molar-refractivity contribution in [2.45, 2.75) is 26.3 Å². The molecule has 3 aromatic rings. The Morgan fingerprint density at radius 2 is 1.72 bits per heavy atom. The largest absolute Gasteiger partial charge is 0.361 e. The first kappa shape index (κ1) is 16.9. The number of halogens is 1. The summed E-state index contributed by atoms with van der Waals surface area (Å²) in [6.07, 6.45) is 0.186. The third kappa shape index (κ3) is 3.94. The van der Waals surface area contributed by atoms with Gasteiger partial charge in [-0.3, -0.25) is 4.79 Å². The minimum absolute atomic E-state index is 0.146. The zero-order chi connectivity index (χ0) is 17.8. The van der Waals surface area contributed by atoms with E-state index in [0.717, 1.165) is 16.7 Å². The molecular weight excluding hydrogens is 319 g/mol. The summed E-state index contributed by atoms with van der Waals surface area (Å²) in [7, 11) is 0. The lowest BCUT2D eigenvalue weighted by Crippen LogP contribution is -2.30. The normalized spacial score (nSPS) is 12.0. The lowest BCUT2D eigenvalue weighted by Gasteiger charge is -2.20. The molecule has 0 saturated heterocycles. The predicted octanol–water partition coefficient (Wildman–Crippen LogP) is 3.88. The Hall–Kier alpha value is -2.95. The van der Waals surface area contributed by atoms with E-state index in [2.05, 4.69) is 10.5 Å². The van der Waals surface area contributed by atoms with Crippen LogP contribution in [0.1, 0.15) is 34.2 Å². The number of hydrogen-bond donors (Lipinski definition) is 1. The molecule has 0 radical (unpaired) electrons. The fourth-order valence-corrected chi connectivity index (χ4v) is 2.79. The molecule has 1 atom stereocenters. The van der Waals surface area contributed by atoms with Crippen LogP contribution in [-0.4, -0.2) is 11.1 Å². The van der Waals surface area contributed by atoms with E-state index in [0.29, 0.717) is 11.5 Å². The molecular formula is C20H19FN2O2. The van der Waals surface area contributed by atoms with Crippen molar-refractivity contribution >= 4 is 5.91 Å². The molecule has 25 heavy (non-hydrogen) atoms. The smallest absolute Gasteiger partial charge is 0.225 e. The van der Waals surface area contributed by atoms with Gasteiger partial charge in [0, 0.05) is 5.56 Å². The summed E-state index contributed by atoms with van der Waals surface area (Å²) in [6.45, 7) is 3.60. The summed E-state index contributed by atoms with van der Waals surface area (Å²) in [6, 6.07) is 15.4. The number of aromatic nitrogens is 1. The molecule has 0 aliphatic rings. The summed E-state index contributed by atoms with van der Waals surface area (Å²) < 4.78 is 18.4. The number of hydrogen-bond acceptors (Lipinski definition) is 3. The molecule has 0 aliphatic carbocycles. The zero-order valence-electron chi connectivity index (χ0n) is 14.1. The van der Waals surface area contributed by atoms with E-state index < -0.39 is 0 Å². The second-order valence-electron chi connectivity index (χ2n) is 5.94. The zero-order valence-corrected chi connectivity index (χ0v) is 14.1. The minimum atomic E-state index is -0.352. The highest BCUT2D eigenvalue weighted by molar-refractivity contribution is 5.80. The van der Waals surface area contributed by atoms with Crippen molar-refractivity contribution in [1.82, 2.24) is 10.5 Å². The fourth-order valence-electron chi connectivity index (χ4n) is 2.79. The summed E-state index contributed by atoms with van der Waals surface area (Å²) in [4.78, 5) is 12.6. The molecule has 1 amide bonds. The molecule has 0 spiro atoms. The lowest BCUT2D eigenvalue weighted by molar-refractivity contribution is -0.121. The molecule has 3 rings (SSSR count). The number of aryl methyl sites for hydroxylation is 2. The van der Waals surface area contributed by atoms with Crippen LogP contribution in [0.3, 0.4) is 0 Å². The van der Waals surface area contributed by atoms with Gasteiger partial charge in [0.2, 0.25) is 5.91 Å². The number of carbonyl (C=O) groups excluding carboxylic acids is 1. The fraction of sp³-hybridized carbons (Fsp3) is 0.200. The highest BCUT2D eigenvalue weighted by Gasteiger charge is 2.19. The molecule has 1 heterocycles. The van der Waals surface area contributed by atoms with E-state index >= 15 is 0 Å². The Labute approximate surface area is 145 Å². The molecule has 4 nitrogen and oxygen atoms in total. The average Bonchev–Trinajstić information content (AvgIpc) is 2.93. The Morgan fingerprint density at radius 3 is 2.32 bits per heavy atom. The van der Waals surface area contributed by atoms with Crippen molar-refractivity contribution in [3.63, 3.8) is 0 Å². The van der Waals surface area contributed by atoms with E-state index in [1.165, 1.54) is 12.1 Å². The van der Waals surface area contributed by atoms with Gasteiger partial charge in [-0.25, -0.2) is 4.39 Å². The number of amides is 1. The SMILES string of the molecule is Cc1noc(C)c1CC(=O)N[C@@H](c1ccccc1)c1ccc(F)cc1. The molecule has 2 aromatic carbocycles. The number of rotatable bonds is 5. The third-order valence-corrected chi connectivity index (χ3v) is 4.16. The molecule has 0 fully saturated rings. The van der Waals surface area contributed by atoms with Crippen LogP contribution < -0.4 is 5.32 Å². The summed E-state index contributed by atoms with van der Waals surface area (Å²) in [5.41, 5.74) is 3.26. The first-order valence-electron chi connectivity index (χ1n) is 8.06. The van der Waals surface area contributed by atoms with E-state index in [1.807, 2.05) is 37.3 Å². The third-order valence-electron chi connectivity index (χ3n) is 4.16. The topological polar surface area (TPSA) is 55.1 Å². The molecule has 0 aliphatic heterocycles. The molecule has 5 heteroatoms. The van der Waals surface area contributed by atoms with Gasteiger partial charge >= 0.3 is 0 Å². The highest BCUT2D eigenvalue weighted by atomic mass is 19.1. The average molecular weight is 338 g/mol. The van der Waals surface area contributed by atoms with E-state index in [1.54, 1.807) is 19.1 Å². The van der Waals surface area contributed by atoms with E-state index in [-0.39, 0.29) is 24.2 Å². The van der Waals surface area contributed by atoms with Gasteiger partial charge in [-0.15, -0.1) is 0 Å². The summed E-state index contributed by atoms with van der Waals surface area (Å²) in [5.74, 6) is 0.191. The van der Waals surface area contributed by atoms with E-state index in [9.17, 15) is 9.18 Å². The maximum absolute atomic E-state index is 13.3.